The summed E-state index contributed by atoms with van der Waals surface area (Å²) in [5, 5.41) is 25.0. The van der Waals surface area contributed by atoms with Crippen molar-refractivity contribution >= 4 is 56.9 Å². The smallest absolute Gasteiger partial charge is 0.391 e. The van der Waals surface area contributed by atoms with Gasteiger partial charge in [-0.05, 0) is 65.9 Å². The number of rotatable bonds is 22. The highest BCUT2D eigenvalue weighted by molar-refractivity contribution is 7.13. The first-order valence-corrected chi connectivity index (χ1v) is 24.1. The lowest BCUT2D eigenvalue weighted by atomic mass is 9.85. The molecular formula is C50H59F3N8O9S. The van der Waals surface area contributed by atoms with Crippen molar-refractivity contribution in [3.05, 3.63) is 101 Å². The van der Waals surface area contributed by atoms with Gasteiger partial charge >= 0.3 is 6.18 Å². The van der Waals surface area contributed by atoms with Gasteiger partial charge in [-0.3, -0.25) is 28.4 Å². The first-order chi connectivity index (χ1) is 33.9. The van der Waals surface area contributed by atoms with Crippen LogP contribution in [0.5, 0.6) is 0 Å². The van der Waals surface area contributed by atoms with Crippen LogP contribution in [0.4, 0.5) is 13.2 Å². The molecule has 4 N–H and O–H groups in total. The van der Waals surface area contributed by atoms with E-state index in [-0.39, 0.29) is 78.2 Å². The maximum atomic E-state index is 13.9. The summed E-state index contributed by atoms with van der Waals surface area (Å²) in [5.74, 6) is -1.69. The van der Waals surface area contributed by atoms with Gasteiger partial charge < -0.3 is 44.9 Å². The Hall–Kier alpha value is -6.23. The fraction of sp³-hybridized carbons (Fsp3) is 0.440. The van der Waals surface area contributed by atoms with Crippen molar-refractivity contribution in [1.82, 2.24) is 40.2 Å². The number of nitrogens with zero attached hydrogens (tertiary/aromatic N) is 5. The third-order valence-corrected chi connectivity index (χ3v) is 12.8. The standard InChI is InChI=1S/C50H59F3N8O9S/c1-31-43(71-30-56-31)33-8-6-32(7-9-33)26-55-47(65)41-25-37(62)27-60(41)48(66)44(49(2,3)4)57-42(63)29-70-23-22-69-21-20-68-19-18-67-17-16-54-46(64)34-10-15-40-38(24-34)39-28-59(5)58-45(39)61(40)36-13-11-35(12-14-36)50(51,52)53/h6-15,24,28,30,37,41,44,62H,16-23,25-27,29H2,1-5H3,(H,54,64)(H,55,65)(H,57,63)/t37-,41+,44-/m0/s1. The van der Waals surface area contributed by atoms with E-state index in [2.05, 4.69) is 26.0 Å². The summed E-state index contributed by atoms with van der Waals surface area (Å²) < 4.78 is 65.2. The zero-order valence-electron chi connectivity index (χ0n) is 40.2. The number of carbonyl (C=O) groups is 4. The number of halogens is 3. The minimum Gasteiger partial charge on any atom is -0.391 e. The molecule has 1 fully saturated rings. The van der Waals surface area contributed by atoms with Crippen molar-refractivity contribution < 1.29 is 56.4 Å². The van der Waals surface area contributed by atoms with Crippen molar-refractivity contribution in [3.63, 3.8) is 0 Å². The van der Waals surface area contributed by atoms with E-state index in [4.69, 9.17) is 18.9 Å². The van der Waals surface area contributed by atoms with E-state index in [0.29, 0.717) is 29.0 Å². The molecule has 1 saturated heterocycles. The molecule has 0 aliphatic carbocycles. The van der Waals surface area contributed by atoms with Crippen LogP contribution in [0.1, 0.15) is 54.4 Å². The number of aromatic nitrogens is 4. The molecule has 3 aromatic heterocycles. The molecule has 4 amide bonds. The SMILES string of the molecule is Cc1ncsc1-c1ccc(CNC(=O)[C@H]2C[C@H](O)CN2C(=O)[C@H](NC(=O)COCCOCCOCCOCCNC(=O)c2ccc3c(c2)c2cn(C)nc2n3-c2ccc(C(F)(F)F)cc2)C(C)(C)C)cc1. The van der Waals surface area contributed by atoms with Crippen LogP contribution in [-0.4, -0.2) is 137 Å². The monoisotopic (exact) mass is 1000 g/mol. The van der Waals surface area contributed by atoms with Gasteiger partial charge in [0.05, 0.1) is 79.5 Å². The lowest BCUT2D eigenvalue weighted by Crippen LogP contribution is -2.58. The summed E-state index contributed by atoms with van der Waals surface area (Å²) in [7, 11) is 1.75. The van der Waals surface area contributed by atoms with Gasteiger partial charge in [0, 0.05) is 61.3 Å². The summed E-state index contributed by atoms with van der Waals surface area (Å²) >= 11 is 1.56. The highest BCUT2D eigenvalue weighted by Crippen LogP contribution is 2.35. The molecular weight excluding hydrogens is 946 g/mol. The summed E-state index contributed by atoms with van der Waals surface area (Å²) in [6.07, 6.45) is -3.47. The average Bonchev–Trinajstić information content (AvgIpc) is 4.12. The largest absolute Gasteiger partial charge is 0.416 e. The van der Waals surface area contributed by atoms with Crippen LogP contribution >= 0.6 is 11.3 Å². The third-order valence-electron chi connectivity index (χ3n) is 11.9. The van der Waals surface area contributed by atoms with Crippen molar-refractivity contribution in [2.24, 2.45) is 12.5 Å². The molecule has 0 spiro atoms. The van der Waals surface area contributed by atoms with Crippen LogP contribution in [0.2, 0.25) is 0 Å². The number of aliphatic hydroxyl groups is 1. The van der Waals surface area contributed by atoms with E-state index in [1.54, 1.807) is 57.5 Å². The van der Waals surface area contributed by atoms with Crippen LogP contribution in [0.25, 0.3) is 38.1 Å². The maximum Gasteiger partial charge on any atom is 0.416 e. The van der Waals surface area contributed by atoms with Crippen molar-refractivity contribution in [1.29, 1.82) is 0 Å². The second kappa shape index (κ2) is 23.3. The number of likely N-dealkylation sites (tertiary alicyclic amines) is 1. The van der Waals surface area contributed by atoms with Crippen molar-refractivity contribution in [2.75, 3.05) is 65.9 Å². The van der Waals surface area contributed by atoms with Gasteiger partial charge in [0.1, 0.15) is 18.7 Å². The van der Waals surface area contributed by atoms with E-state index in [1.807, 2.05) is 52.0 Å². The molecule has 0 bridgehead atoms. The molecule has 0 radical (unpaired) electrons. The molecule has 0 unspecified atom stereocenters. The maximum absolute atomic E-state index is 13.9. The predicted octanol–water partition coefficient (Wildman–Crippen LogP) is 5.57. The van der Waals surface area contributed by atoms with E-state index in [1.165, 1.54) is 17.0 Å². The quantitative estimate of drug-likeness (QED) is 0.0620. The fourth-order valence-electron chi connectivity index (χ4n) is 8.24. The van der Waals surface area contributed by atoms with E-state index >= 15 is 0 Å². The minimum atomic E-state index is -4.46. The number of β-amino-alcohol motifs (C(OH)–C–C–N with tert-alkyl or cyclic N) is 1. The van der Waals surface area contributed by atoms with E-state index in [0.717, 1.165) is 44.6 Å². The van der Waals surface area contributed by atoms with Gasteiger partial charge in [-0.25, -0.2) is 4.98 Å². The molecule has 1 aliphatic heterocycles. The van der Waals surface area contributed by atoms with Crippen molar-refractivity contribution in [3.8, 4) is 16.1 Å². The van der Waals surface area contributed by atoms with Gasteiger partial charge in [0.15, 0.2) is 5.65 Å². The molecule has 21 heteroatoms. The Bertz CT molecular complexity index is 2790. The topological polar surface area (TPSA) is 200 Å². The minimum absolute atomic E-state index is 0.0381. The first kappa shape index (κ1) is 52.6. The van der Waals surface area contributed by atoms with E-state index < -0.39 is 53.1 Å². The number of fused-ring (bicyclic) bond motifs is 3. The number of aryl methyl sites for hydroxylation is 2. The first-order valence-electron chi connectivity index (χ1n) is 23.2. The lowest BCUT2D eigenvalue weighted by Gasteiger charge is -2.35. The van der Waals surface area contributed by atoms with Crippen LogP contribution in [0, 0.1) is 12.3 Å². The molecule has 4 heterocycles. The Labute approximate surface area is 412 Å². The third kappa shape index (κ3) is 13.4. The van der Waals surface area contributed by atoms with Gasteiger partial charge in [-0.15, -0.1) is 11.3 Å². The summed E-state index contributed by atoms with van der Waals surface area (Å²) in [6, 6.07) is 15.9. The Balaban J connectivity index is 0.748. The molecule has 0 saturated carbocycles. The molecule has 17 nitrogen and oxygen atoms in total. The molecule has 6 aromatic rings. The summed E-state index contributed by atoms with van der Waals surface area (Å²) in [6.45, 7) is 9.18. The number of ether oxygens (including phenoxy) is 4. The molecule has 7 rings (SSSR count). The Kier molecular flexibility index (Phi) is 17.3. The number of aliphatic hydroxyl groups excluding tert-OH is 1. The molecule has 1 aliphatic rings. The molecule has 71 heavy (non-hydrogen) atoms. The highest BCUT2D eigenvalue weighted by Gasteiger charge is 2.44. The zero-order chi connectivity index (χ0) is 50.9. The fourth-order valence-corrected chi connectivity index (χ4v) is 9.05. The van der Waals surface area contributed by atoms with Gasteiger partial charge in [-0.1, -0.05) is 45.0 Å². The van der Waals surface area contributed by atoms with Gasteiger partial charge in [0.2, 0.25) is 17.7 Å². The van der Waals surface area contributed by atoms with E-state index in [9.17, 15) is 37.5 Å². The van der Waals surface area contributed by atoms with Gasteiger partial charge in [0.25, 0.3) is 5.91 Å². The number of amides is 4. The Morgan fingerprint density at radius 3 is 2.15 bits per heavy atom. The van der Waals surface area contributed by atoms with Crippen molar-refractivity contribution in [2.45, 2.75) is 65.0 Å². The van der Waals surface area contributed by atoms with Crippen LogP contribution in [0.3, 0.4) is 0 Å². The summed E-state index contributed by atoms with van der Waals surface area (Å²) in [4.78, 5) is 60.1. The van der Waals surface area contributed by atoms with Gasteiger partial charge in [-0.2, -0.15) is 18.3 Å². The second-order valence-electron chi connectivity index (χ2n) is 18.2. The Morgan fingerprint density at radius 1 is 0.859 bits per heavy atom. The highest BCUT2D eigenvalue weighted by atomic mass is 32.1. The Morgan fingerprint density at radius 2 is 1.52 bits per heavy atom. The number of hydrogen-bond donors (Lipinski definition) is 4. The zero-order valence-corrected chi connectivity index (χ0v) is 41.0. The van der Waals surface area contributed by atoms with Crippen LogP contribution in [0.15, 0.2) is 78.4 Å². The predicted molar refractivity (Wildman–Crippen MR) is 260 cm³/mol. The number of hydrogen-bond acceptors (Lipinski definition) is 12. The normalized spacial score (nSPS) is 15.6. The number of benzene rings is 3. The average molecular weight is 1010 g/mol. The second-order valence-corrected chi connectivity index (χ2v) is 19.1. The number of thiazole rings is 1. The molecule has 3 aromatic carbocycles. The number of alkyl halides is 3. The molecule has 380 valence electrons. The number of nitrogens with one attached hydrogen (secondary N) is 3. The molecule has 3 atom stereocenters. The van der Waals surface area contributed by atoms with Crippen LogP contribution in [-0.2, 0) is 53.1 Å². The summed E-state index contributed by atoms with van der Waals surface area (Å²) in [5.41, 5.74) is 5.34. The van der Waals surface area contributed by atoms with Crippen LogP contribution < -0.4 is 16.0 Å². The lowest BCUT2D eigenvalue weighted by molar-refractivity contribution is -0.144. The number of carbonyl (C=O) groups excluding carboxylic acids is 4.